The topological polar surface area (TPSA) is 21.3 Å². The molecule has 1 aromatic rings. The van der Waals surface area contributed by atoms with Crippen molar-refractivity contribution in [2.45, 2.75) is 45.6 Å². The third-order valence-corrected chi connectivity index (χ3v) is 4.33. The van der Waals surface area contributed by atoms with E-state index in [9.17, 15) is 0 Å². The molecule has 2 nitrogen and oxygen atoms in total. The van der Waals surface area contributed by atoms with Gasteiger partial charge in [0, 0.05) is 17.1 Å². The monoisotopic (exact) mass is 317 g/mol. The van der Waals surface area contributed by atoms with Crippen molar-refractivity contribution in [1.82, 2.24) is 5.32 Å². The second-order valence-electron chi connectivity index (χ2n) is 5.11. The van der Waals surface area contributed by atoms with Crippen LogP contribution in [0.1, 0.15) is 51.1 Å². The Morgan fingerprint density at radius 1 is 1.10 bits per heavy atom. The molecule has 0 aliphatic carbocycles. The van der Waals surface area contributed by atoms with E-state index >= 15 is 0 Å². The molecule has 1 rings (SSSR count). The maximum atomic E-state index is 6.42. The van der Waals surface area contributed by atoms with Crippen LogP contribution in [0.25, 0.3) is 0 Å². The molecule has 0 heterocycles. The summed E-state index contributed by atoms with van der Waals surface area (Å²) in [6.45, 7) is 4.44. The number of ether oxygens (including phenoxy) is 1. The van der Waals surface area contributed by atoms with Crippen molar-refractivity contribution in [3.8, 4) is 5.75 Å². The maximum Gasteiger partial charge on any atom is 0.138 e. The van der Waals surface area contributed by atoms with E-state index in [0.717, 1.165) is 5.56 Å². The van der Waals surface area contributed by atoms with E-state index in [1.165, 1.54) is 25.7 Å². The Kier molecular flexibility index (Phi) is 7.71. The van der Waals surface area contributed by atoms with Crippen LogP contribution in [0, 0.1) is 5.92 Å². The number of methoxy groups -OCH3 is 1. The number of benzene rings is 1. The summed E-state index contributed by atoms with van der Waals surface area (Å²) in [6.07, 6.45) is 4.70. The Balaban J connectivity index is 3.13. The molecule has 1 atom stereocenters. The number of rotatable bonds is 8. The molecule has 0 aliphatic heterocycles. The van der Waals surface area contributed by atoms with Crippen LogP contribution in [0.5, 0.6) is 5.75 Å². The molecule has 1 N–H and O–H groups in total. The summed E-state index contributed by atoms with van der Waals surface area (Å²) in [5.74, 6) is 1.19. The minimum Gasteiger partial charge on any atom is -0.495 e. The molecule has 1 unspecified atom stereocenters. The largest absolute Gasteiger partial charge is 0.495 e. The third kappa shape index (κ3) is 4.28. The van der Waals surface area contributed by atoms with E-state index in [4.69, 9.17) is 27.9 Å². The van der Waals surface area contributed by atoms with Gasteiger partial charge in [-0.25, -0.2) is 0 Å². The van der Waals surface area contributed by atoms with Crippen LogP contribution in [-0.2, 0) is 0 Å². The van der Waals surface area contributed by atoms with Gasteiger partial charge in [0.25, 0.3) is 0 Å². The first-order valence-corrected chi connectivity index (χ1v) is 8.04. The Hall–Kier alpha value is -0.440. The van der Waals surface area contributed by atoms with Crippen molar-refractivity contribution in [2.75, 3.05) is 14.2 Å². The van der Waals surface area contributed by atoms with Crippen LogP contribution in [0.2, 0.25) is 10.0 Å². The van der Waals surface area contributed by atoms with Crippen molar-refractivity contribution >= 4 is 23.2 Å². The van der Waals surface area contributed by atoms with Crippen LogP contribution >= 0.6 is 23.2 Å². The molecule has 0 spiro atoms. The average molecular weight is 318 g/mol. The fourth-order valence-corrected chi connectivity index (χ4v) is 3.32. The van der Waals surface area contributed by atoms with Crippen molar-refractivity contribution < 1.29 is 4.74 Å². The number of halogens is 2. The highest BCUT2D eigenvalue weighted by atomic mass is 35.5. The van der Waals surface area contributed by atoms with Crippen molar-refractivity contribution in [1.29, 1.82) is 0 Å². The molecule has 20 heavy (non-hydrogen) atoms. The lowest BCUT2D eigenvalue weighted by atomic mass is 9.86. The van der Waals surface area contributed by atoms with Gasteiger partial charge in [0.2, 0.25) is 0 Å². The molecule has 1 aromatic carbocycles. The summed E-state index contributed by atoms with van der Waals surface area (Å²) >= 11 is 12.7. The Morgan fingerprint density at radius 3 is 2.15 bits per heavy atom. The highest BCUT2D eigenvalue weighted by Gasteiger charge is 2.23. The standard InChI is InChI=1S/C16H25Cl2NO/c1-5-7-11(8-6-2)16(19-3)12-9-14(18)15(20-4)10-13(12)17/h9-11,16,19H,5-8H2,1-4H3. The van der Waals surface area contributed by atoms with Gasteiger partial charge in [-0.05, 0) is 37.4 Å². The average Bonchev–Trinajstić information content (AvgIpc) is 2.43. The summed E-state index contributed by atoms with van der Waals surface area (Å²) in [4.78, 5) is 0. The molecule has 0 saturated carbocycles. The lowest BCUT2D eigenvalue weighted by Gasteiger charge is -2.28. The molecule has 0 bridgehead atoms. The normalized spacial score (nSPS) is 12.8. The second-order valence-corrected chi connectivity index (χ2v) is 5.93. The molecule has 0 radical (unpaired) electrons. The summed E-state index contributed by atoms with van der Waals surface area (Å²) in [7, 11) is 3.58. The fraction of sp³-hybridized carbons (Fsp3) is 0.625. The highest BCUT2D eigenvalue weighted by molar-refractivity contribution is 6.34. The summed E-state index contributed by atoms with van der Waals surface area (Å²) in [5.41, 5.74) is 1.06. The lowest BCUT2D eigenvalue weighted by Crippen LogP contribution is -2.25. The zero-order valence-electron chi connectivity index (χ0n) is 12.8. The highest BCUT2D eigenvalue weighted by Crippen LogP contribution is 2.38. The van der Waals surface area contributed by atoms with Gasteiger partial charge >= 0.3 is 0 Å². The van der Waals surface area contributed by atoms with Gasteiger partial charge in [-0.15, -0.1) is 0 Å². The van der Waals surface area contributed by atoms with Crippen molar-refractivity contribution in [3.63, 3.8) is 0 Å². The Labute approximate surface area is 132 Å². The predicted molar refractivity (Wildman–Crippen MR) is 88.1 cm³/mol. The SMILES string of the molecule is CCCC(CCC)C(NC)c1cc(Cl)c(OC)cc1Cl. The molecule has 0 aromatic heterocycles. The third-order valence-electron chi connectivity index (χ3n) is 3.71. The zero-order valence-corrected chi connectivity index (χ0v) is 14.3. The first-order valence-electron chi connectivity index (χ1n) is 7.29. The number of hydrogen-bond acceptors (Lipinski definition) is 2. The van der Waals surface area contributed by atoms with Gasteiger partial charge in [-0.2, -0.15) is 0 Å². The molecule has 114 valence electrons. The fourth-order valence-electron chi connectivity index (χ4n) is 2.80. The van der Waals surface area contributed by atoms with Crippen molar-refractivity contribution in [2.24, 2.45) is 5.92 Å². The Bertz CT molecular complexity index is 417. The van der Waals surface area contributed by atoms with Gasteiger partial charge in [-0.3, -0.25) is 0 Å². The van der Waals surface area contributed by atoms with Gasteiger partial charge in [0.1, 0.15) is 5.75 Å². The van der Waals surface area contributed by atoms with Crippen LogP contribution in [0.3, 0.4) is 0 Å². The number of hydrogen-bond donors (Lipinski definition) is 1. The van der Waals surface area contributed by atoms with Gasteiger partial charge in [-0.1, -0.05) is 49.9 Å². The lowest BCUT2D eigenvalue weighted by molar-refractivity contribution is 0.330. The molecule has 0 amide bonds. The number of nitrogens with one attached hydrogen (secondary N) is 1. The maximum absolute atomic E-state index is 6.42. The molecule has 4 heteroatoms. The molecule has 0 saturated heterocycles. The van der Waals surface area contributed by atoms with E-state index < -0.39 is 0 Å². The van der Waals surface area contributed by atoms with Crippen LogP contribution in [0.15, 0.2) is 12.1 Å². The van der Waals surface area contributed by atoms with E-state index in [1.54, 1.807) is 13.2 Å². The van der Waals surface area contributed by atoms with Gasteiger partial charge < -0.3 is 10.1 Å². The van der Waals surface area contributed by atoms with Crippen LogP contribution in [-0.4, -0.2) is 14.2 Å². The second kappa shape index (κ2) is 8.76. The van der Waals surface area contributed by atoms with Crippen molar-refractivity contribution in [3.05, 3.63) is 27.7 Å². The van der Waals surface area contributed by atoms with E-state index in [2.05, 4.69) is 19.2 Å². The Morgan fingerprint density at radius 2 is 1.70 bits per heavy atom. The van der Waals surface area contributed by atoms with Gasteiger partial charge in [0.05, 0.1) is 12.1 Å². The molecule has 0 fully saturated rings. The van der Waals surface area contributed by atoms with Gasteiger partial charge in [0.15, 0.2) is 0 Å². The molecular formula is C16H25Cl2NO. The molecular weight excluding hydrogens is 293 g/mol. The first-order chi connectivity index (χ1) is 9.58. The van der Waals surface area contributed by atoms with E-state index in [0.29, 0.717) is 21.7 Å². The zero-order chi connectivity index (χ0) is 15.1. The predicted octanol–water partition coefficient (Wildman–Crippen LogP) is 5.48. The minimum atomic E-state index is 0.228. The van der Waals surface area contributed by atoms with Crippen LogP contribution < -0.4 is 10.1 Å². The summed E-state index contributed by atoms with van der Waals surface area (Å²) in [6, 6.07) is 3.96. The summed E-state index contributed by atoms with van der Waals surface area (Å²) < 4.78 is 5.21. The smallest absolute Gasteiger partial charge is 0.138 e. The quantitative estimate of drug-likeness (QED) is 0.685. The van der Waals surface area contributed by atoms with E-state index in [-0.39, 0.29) is 6.04 Å². The van der Waals surface area contributed by atoms with E-state index in [1.807, 2.05) is 13.1 Å². The molecule has 0 aliphatic rings. The minimum absolute atomic E-state index is 0.228. The first kappa shape index (κ1) is 17.6. The summed E-state index contributed by atoms with van der Waals surface area (Å²) in [5, 5.41) is 4.73. The van der Waals surface area contributed by atoms with Crippen LogP contribution in [0.4, 0.5) is 0 Å².